The lowest BCUT2D eigenvalue weighted by Gasteiger charge is -2.20. The lowest BCUT2D eigenvalue weighted by molar-refractivity contribution is -0.132. The molecule has 0 unspecified atom stereocenters. The molecule has 1 heterocycles. The number of carbonyl (C=O) groups is 1. The molecule has 0 spiro atoms. The number of nitrogens with zero attached hydrogens (tertiary/aromatic N) is 3. The molecule has 8 heteroatoms. The summed E-state index contributed by atoms with van der Waals surface area (Å²) in [6, 6.07) is 11.3. The fourth-order valence-corrected chi connectivity index (χ4v) is 2.58. The molecule has 0 aliphatic rings. The summed E-state index contributed by atoms with van der Waals surface area (Å²) in [6.07, 6.45) is 0. The molecule has 1 aromatic heterocycles. The maximum atomic E-state index is 13.3. The first-order chi connectivity index (χ1) is 13.0. The molecule has 0 aliphatic heterocycles. The second-order valence-corrected chi connectivity index (χ2v) is 5.88. The number of benzene rings is 2. The molecule has 0 atom stereocenters. The van der Waals surface area contributed by atoms with Gasteiger partial charge in [0.15, 0.2) is 0 Å². The Hall–Kier alpha value is -3.29. The predicted octanol–water partition coefficient (Wildman–Crippen LogP) is 2.83. The molecule has 2 aromatic carbocycles. The van der Waals surface area contributed by atoms with Gasteiger partial charge in [0.2, 0.25) is 11.8 Å². The summed E-state index contributed by atoms with van der Waals surface area (Å²) in [5.74, 6) is -1.95. The van der Waals surface area contributed by atoms with E-state index in [1.807, 2.05) is 0 Å². The summed E-state index contributed by atoms with van der Waals surface area (Å²) >= 11 is 0. The monoisotopic (exact) mass is 373 g/mol. The Labute approximate surface area is 153 Å². The van der Waals surface area contributed by atoms with Gasteiger partial charge in [-0.05, 0) is 48.9 Å². The summed E-state index contributed by atoms with van der Waals surface area (Å²) in [5, 5.41) is 4.00. The predicted molar refractivity (Wildman–Crippen MR) is 93.6 cm³/mol. The van der Waals surface area contributed by atoms with Gasteiger partial charge in [0.25, 0.3) is 0 Å². The average Bonchev–Trinajstić information content (AvgIpc) is 3.00. The molecule has 0 bridgehead atoms. The Balaban J connectivity index is 1.74. The molecule has 3 rings (SSSR count). The summed E-state index contributed by atoms with van der Waals surface area (Å²) in [5.41, 5.74) is 1.07. The minimum Gasteiger partial charge on any atom is -0.388 e. The van der Waals surface area contributed by atoms with Gasteiger partial charge in [-0.3, -0.25) is 4.79 Å². The van der Waals surface area contributed by atoms with E-state index in [9.17, 15) is 18.4 Å². The highest BCUT2D eigenvalue weighted by Crippen LogP contribution is 2.15. The highest BCUT2D eigenvalue weighted by molar-refractivity contribution is 5.75. The van der Waals surface area contributed by atoms with Gasteiger partial charge in [-0.15, -0.1) is 5.10 Å². The first-order valence-corrected chi connectivity index (χ1v) is 8.32. The van der Waals surface area contributed by atoms with Crippen molar-refractivity contribution < 1.29 is 18.0 Å². The van der Waals surface area contributed by atoms with Crippen LogP contribution in [-0.4, -0.2) is 27.1 Å². The van der Waals surface area contributed by atoms with E-state index >= 15 is 0 Å². The van der Waals surface area contributed by atoms with Gasteiger partial charge in [-0.25, -0.2) is 13.6 Å². The molecule has 1 amide bonds. The van der Waals surface area contributed by atoms with Crippen molar-refractivity contribution in [1.82, 2.24) is 14.7 Å². The Bertz CT molecular complexity index is 996. The molecule has 0 saturated carbocycles. The highest BCUT2D eigenvalue weighted by atomic mass is 19.1. The van der Waals surface area contributed by atoms with Crippen molar-refractivity contribution in [3.8, 4) is 11.5 Å². The average molecular weight is 373 g/mol. The van der Waals surface area contributed by atoms with Crippen LogP contribution in [0.15, 0.2) is 57.7 Å². The summed E-state index contributed by atoms with van der Waals surface area (Å²) in [4.78, 5) is 26.0. The maximum Gasteiger partial charge on any atom is 0.437 e. The number of halogens is 2. The van der Waals surface area contributed by atoms with E-state index in [-0.39, 0.29) is 30.7 Å². The van der Waals surface area contributed by atoms with Crippen molar-refractivity contribution in [3.05, 3.63) is 76.3 Å². The molecule has 0 saturated heterocycles. The van der Waals surface area contributed by atoms with E-state index in [0.717, 1.165) is 4.68 Å². The van der Waals surface area contributed by atoms with E-state index in [2.05, 4.69) is 5.10 Å². The van der Waals surface area contributed by atoms with E-state index in [0.29, 0.717) is 17.7 Å². The number of rotatable bonds is 6. The lowest BCUT2D eigenvalue weighted by atomic mass is 10.2. The Morgan fingerprint density at radius 3 is 2.56 bits per heavy atom. The van der Waals surface area contributed by atoms with Crippen LogP contribution in [0.3, 0.4) is 0 Å². The summed E-state index contributed by atoms with van der Waals surface area (Å²) < 4.78 is 32.3. The number of amides is 1. The molecule has 0 aliphatic carbocycles. The SMILES string of the molecule is CCN(Cc1cccc(F)c1)C(=O)Cn1nc(-c2ccc(F)cc2)oc1=O. The van der Waals surface area contributed by atoms with Crippen LogP contribution >= 0.6 is 0 Å². The van der Waals surface area contributed by atoms with E-state index in [1.165, 1.54) is 41.3 Å². The van der Waals surface area contributed by atoms with Crippen LogP contribution in [0, 0.1) is 11.6 Å². The van der Waals surface area contributed by atoms with E-state index in [1.54, 1.807) is 19.1 Å². The molecule has 0 fully saturated rings. The molecule has 0 N–H and O–H groups in total. The number of likely N-dealkylation sites (N-methyl/N-ethyl adjacent to an activating group) is 1. The number of aromatic nitrogens is 2. The molecule has 27 heavy (non-hydrogen) atoms. The van der Waals surface area contributed by atoms with Gasteiger partial charge in [-0.2, -0.15) is 4.68 Å². The van der Waals surface area contributed by atoms with Crippen LogP contribution in [0.1, 0.15) is 12.5 Å². The van der Waals surface area contributed by atoms with Crippen LogP contribution in [0.2, 0.25) is 0 Å². The number of hydrogen-bond acceptors (Lipinski definition) is 4. The van der Waals surface area contributed by atoms with Crippen molar-refractivity contribution in [2.75, 3.05) is 6.54 Å². The third-order valence-electron chi connectivity index (χ3n) is 3.98. The molecule has 0 radical (unpaired) electrons. The molecular weight excluding hydrogens is 356 g/mol. The minimum atomic E-state index is -0.788. The Morgan fingerprint density at radius 1 is 1.15 bits per heavy atom. The standard InChI is InChI=1S/C19H17F2N3O3/c1-2-23(11-13-4-3-5-16(21)10-13)17(25)12-24-19(26)27-18(22-24)14-6-8-15(20)9-7-14/h3-10H,2,11-12H2,1H3. The number of carbonyl (C=O) groups excluding carboxylic acids is 1. The van der Waals surface area contributed by atoms with Gasteiger partial charge in [0.05, 0.1) is 0 Å². The van der Waals surface area contributed by atoms with E-state index < -0.39 is 11.6 Å². The van der Waals surface area contributed by atoms with Gasteiger partial charge < -0.3 is 9.32 Å². The van der Waals surface area contributed by atoms with Crippen molar-refractivity contribution in [2.45, 2.75) is 20.0 Å². The fourth-order valence-electron chi connectivity index (χ4n) is 2.58. The van der Waals surface area contributed by atoms with Gasteiger partial charge in [-0.1, -0.05) is 12.1 Å². The van der Waals surface area contributed by atoms with Crippen LogP contribution in [-0.2, 0) is 17.9 Å². The molecule has 6 nitrogen and oxygen atoms in total. The van der Waals surface area contributed by atoms with Crippen LogP contribution in [0.25, 0.3) is 11.5 Å². The summed E-state index contributed by atoms with van der Waals surface area (Å²) in [7, 11) is 0. The third-order valence-corrected chi connectivity index (χ3v) is 3.98. The van der Waals surface area contributed by atoms with Crippen molar-refractivity contribution in [2.24, 2.45) is 0 Å². The first-order valence-electron chi connectivity index (χ1n) is 8.32. The smallest absolute Gasteiger partial charge is 0.388 e. The van der Waals surface area contributed by atoms with Crippen LogP contribution < -0.4 is 5.76 Å². The zero-order valence-electron chi connectivity index (χ0n) is 14.6. The van der Waals surface area contributed by atoms with Gasteiger partial charge >= 0.3 is 5.76 Å². The largest absolute Gasteiger partial charge is 0.437 e. The van der Waals surface area contributed by atoms with E-state index in [4.69, 9.17) is 4.42 Å². The van der Waals surface area contributed by atoms with Crippen molar-refractivity contribution in [3.63, 3.8) is 0 Å². The minimum absolute atomic E-state index is 0.000906. The molecule has 3 aromatic rings. The quantitative estimate of drug-likeness (QED) is 0.666. The van der Waals surface area contributed by atoms with Crippen molar-refractivity contribution >= 4 is 5.91 Å². The zero-order chi connectivity index (χ0) is 19.4. The zero-order valence-corrected chi connectivity index (χ0v) is 14.6. The highest BCUT2D eigenvalue weighted by Gasteiger charge is 2.17. The Kier molecular flexibility index (Phi) is 5.44. The van der Waals surface area contributed by atoms with Crippen LogP contribution in [0.5, 0.6) is 0 Å². The first kappa shape index (κ1) is 18.5. The molecule has 140 valence electrons. The maximum absolute atomic E-state index is 13.3. The summed E-state index contributed by atoms with van der Waals surface area (Å²) in [6.45, 7) is 2.07. The van der Waals surface area contributed by atoms with Crippen LogP contribution in [0.4, 0.5) is 8.78 Å². The van der Waals surface area contributed by atoms with Gasteiger partial charge in [0.1, 0.15) is 18.2 Å². The van der Waals surface area contributed by atoms with Crippen molar-refractivity contribution in [1.29, 1.82) is 0 Å². The fraction of sp³-hybridized carbons (Fsp3) is 0.211. The lowest BCUT2D eigenvalue weighted by Crippen LogP contribution is -2.35. The molecular formula is C19H17F2N3O3. The third kappa shape index (κ3) is 4.46. The normalized spacial score (nSPS) is 10.8. The second kappa shape index (κ2) is 7.94. The Morgan fingerprint density at radius 2 is 1.89 bits per heavy atom. The topological polar surface area (TPSA) is 68.3 Å². The van der Waals surface area contributed by atoms with Gasteiger partial charge in [0, 0.05) is 18.7 Å². The number of hydrogen-bond donors (Lipinski definition) is 0. The second-order valence-electron chi connectivity index (χ2n) is 5.88.